The van der Waals surface area contributed by atoms with E-state index in [-0.39, 0.29) is 18.1 Å². The lowest BCUT2D eigenvalue weighted by Crippen LogP contribution is -2.31. The van der Waals surface area contributed by atoms with Crippen molar-refractivity contribution in [3.8, 4) is 11.1 Å². The molecule has 3 unspecified atom stereocenters. The molecule has 2 aliphatic rings. The Morgan fingerprint density at radius 1 is 0.784 bits per heavy atom. The van der Waals surface area contributed by atoms with Crippen LogP contribution in [-0.2, 0) is 0 Å². The molecule has 1 heterocycles. The van der Waals surface area contributed by atoms with Crippen molar-refractivity contribution in [2.45, 2.75) is 51.2 Å². The molecule has 0 aliphatic heterocycles. The van der Waals surface area contributed by atoms with Gasteiger partial charge in [-0.2, -0.15) is 0 Å². The third-order valence-corrected chi connectivity index (χ3v) is 9.98. The number of hydrogen-bond donors (Lipinski definition) is 1. The normalized spacial score (nSPS) is 17.0. The van der Waals surface area contributed by atoms with Gasteiger partial charge in [0.1, 0.15) is 6.17 Å². The van der Waals surface area contributed by atoms with Crippen molar-refractivity contribution >= 4 is 22.4 Å². The molecule has 3 heteroatoms. The molecule has 7 rings (SSSR count). The largest absolute Gasteiger partial charge is 0.285 e. The molecule has 1 N–H and O–H groups in total. The molecule has 0 saturated heterocycles. The molecule has 51 heavy (non-hydrogen) atoms. The van der Waals surface area contributed by atoms with E-state index in [0.717, 1.165) is 52.9 Å². The smallest absolute Gasteiger partial charge is 0.126 e. The van der Waals surface area contributed by atoms with Crippen LogP contribution in [0, 0.1) is 0 Å². The molecule has 0 fully saturated rings. The third kappa shape index (κ3) is 7.90. The van der Waals surface area contributed by atoms with Crippen LogP contribution < -0.4 is 5.32 Å². The maximum atomic E-state index is 5.33. The Bertz CT molecular complexity index is 2130. The molecule has 3 atom stereocenters. The predicted molar refractivity (Wildman–Crippen MR) is 216 cm³/mol. The highest BCUT2D eigenvalue weighted by Crippen LogP contribution is 2.41. The molecular weight excluding hydrogens is 619 g/mol. The number of aliphatic imine (C=N–C) groups is 1. The summed E-state index contributed by atoms with van der Waals surface area (Å²) in [4.78, 5) is 10.3. The van der Waals surface area contributed by atoms with E-state index in [0.29, 0.717) is 0 Å². The maximum Gasteiger partial charge on any atom is 0.126 e. The van der Waals surface area contributed by atoms with Gasteiger partial charge in [0.25, 0.3) is 0 Å². The zero-order chi connectivity index (χ0) is 35.0. The van der Waals surface area contributed by atoms with E-state index in [1.165, 1.54) is 33.4 Å². The van der Waals surface area contributed by atoms with Gasteiger partial charge >= 0.3 is 0 Å². The van der Waals surface area contributed by atoms with Crippen LogP contribution in [0.25, 0.3) is 27.8 Å². The molecular formula is C48H45N3. The van der Waals surface area contributed by atoms with Crippen LogP contribution in [0.15, 0.2) is 176 Å². The second-order valence-corrected chi connectivity index (χ2v) is 13.4. The SMILES string of the molecule is C=C(c1ccc(C2=CCCC=C2)cc1)C(C)NC(/N=C(\C)c1cccc(C2=CC=CCC2c2ncccc2-c2ccccc2)c1)c1ccccc1. The number of nitrogens with zero attached hydrogens (tertiary/aromatic N) is 2. The van der Waals surface area contributed by atoms with E-state index in [2.05, 4.69) is 177 Å². The fourth-order valence-corrected chi connectivity index (χ4v) is 7.07. The first-order valence-electron chi connectivity index (χ1n) is 18.0. The molecule has 0 amide bonds. The Kier molecular flexibility index (Phi) is 10.6. The Labute approximate surface area is 303 Å². The standard InChI is InChI=1S/C48H45N3/c1-34(37-28-30-39(31-29-37)38-17-7-4-8-18-38)35(2)50-48(41-21-11-6-12-22-41)51-36(3)42-23-15-24-43(33-42)44-25-13-14-26-46(44)47-45(27-16-32-49-47)40-19-9-5-10-20-40/h5-7,9-25,27-33,35,46,48,50H,1,4,8,26H2,2-3H3/b51-36+. The molecule has 5 aromatic rings. The summed E-state index contributed by atoms with van der Waals surface area (Å²) < 4.78 is 0. The Morgan fingerprint density at radius 2 is 1.55 bits per heavy atom. The summed E-state index contributed by atoms with van der Waals surface area (Å²) in [6.07, 6.45) is 18.3. The summed E-state index contributed by atoms with van der Waals surface area (Å²) in [7, 11) is 0. The number of nitrogens with one attached hydrogen (secondary N) is 1. The molecule has 4 aromatic carbocycles. The van der Waals surface area contributed by atoms with Gasteiger partial charge in [0.2, 0.25) is 0 Å². The maximum absolute atomic E-state index is 5.33. The number of rotatable bonds is 11. The van der Waals surface area contributed by atoms with Crippen LogP contribution in [0.3, 0.4) is 0 Å². The van der Waals surface area contributed by atoms with Crippen molar-refractivity contribution in [3.63, 3.8) is 0 Å². The summed E-state index contributed by atoms with van der Waals surface area (Å²) in [5.41, 5.74) is 13.8. The summed E-state index contributed by atoms with van der Waals surface area (Å²) in [5, 5.41) is 3.80. The lowest BCUT2D eigenvalue weighted by molar-refractivity contribution is 0.528. The van der Waals surface area contributed by atoms with E-state index in [4.69, 9.17) is 9.98 Å². The minimum absolute atomic E-state index is 0.00476. The average Bonchev–Trinajstić information content (AvgIpc) is 3.21. The van der Waals surface area contributed by atoms with E-state index >= 15 is 0 Å². The van der Waals surface area contributed by atoms with Crippen LogP contribution in [0.1, 0.15) is 78.7 Å². The Morgan fingerprint density at radius 3 is 2.31 bits per heavy atom. The molecule has 1 aromatic heterocycles. The summed E-state index contributed by atoms with van der Waals surface area (Å²) in [6, 6.07) is 42.9. The molecule has 0 bridgehead atoms. The van der Waals surface area contributed by atoms with Gasteiger partial charge in [-0.25, -0.2) is 0 Å². The van der Waals surface area contributed by atoms with Crippen molar-refractivity contribution in [3.05, 3.63) is 204 Å². The Hall–Kier alpha value is -5.64. The summed E-state index contributed by atoms with van der Waals surface area (Å²) in [5.74, 6) is 0.148. The van der Waals surface area contributed by atoms with Crippen molar-refractivity contribution < 1.29 is 0 Å². The number of hydrogen-bond acceptors (Lipinski definition) is 3. The first-order valence-corrected chi connectivity index (χ1v) is 18.0. The van der Waals surface area contributed by atoms with Gasteiger partial charge in [0, 0.05) is 29.4 Å². The van der Waals surface area contributed by atoms with E-state index in [9.17, 15) is 0 Å². The van der Waals surface area contributed by atoms with Gasteiger partial charge in [0.15, 0.2) is 0 Å². The molecule has 3 nitrogen and oxygen atoms in total. The third-order valence-electron chi connectivity index (χ3n) is 9.98. The van der Waals surface area contributed by atoms with E-state index in [1.54, 1.807) is 0 Å². The molecule has 2 aliphatic carbocycles. The topological polar surface area (TPSA) is 37.3 Å². The highest BCUT2D eigenvalue weighted by molar-refractivity contribution is 5.99. The lowest BCUT2D eigenvalue weighted by atomic mass is 9.81. The van der Waals surface area contributed by atoms with Gasteiger partial charge in [-0.3, -0.25) is 15.3 Å². The second-order valence-electron chi connectivity index (χ2n) is 13.4. The van der Waals surface area contributed by atoms with E-state index in [1.807, 2.05) is 12.3 Å². The van der Waals surface area contributed by atoms with Crippen LogP contribution in [-0.4, -0.2) is 16.7 Å². The van der Waals surface area contributed by atoms with Crippen molar-refractivity contribution in [1.29, 1.82) is 0 Å². The monoisotopic (exact) mass is 663 g/mol. The molecule has 0 radical (unpaired) electrons. The van der Waals surface area contributed by atoms with Crippen LogP contribution >= 0.6 is 0 Å². The number of allylic oxidation sites excluding steroid dienone is 8. The van der Waals surface area contributed by atoms with Gasteiger partial charge in [-0.05, 0) is 95.3 Å². The van der Waals surface area contributed by atoms with Crippen LogP contribution in [0.4, 0.5) is 0 Å². The minimum atomic E-state index is -0.245. The van der Waals surface area contributed by atoms with Crippen molar-refractivity contribution in [2.75, 3.05) is 0 Å². The lowest BCUT2D eigenvalue weighted by Gasteiger charge is -2.25. The summed E-state index contributed by atoms with van der Waals surface area (Å²) >= 11 is 0. The van der Waals surface area contributed by atoms with Gasteiger partial charge < -0.3 is 0 Å². The molecule has 0 spiro atoms. The highest BCUT2D eigenvalue weighted by Gasteiger charge is 2.24. The fraction of sp³-hybridized carbons (Fsp3) is 0.167. The van der Waals surface area contributed by atoms with Crippen molar-refractivity contribution in [2.24, 2.45) is 4.99 Å². The second kappa shape index (κ2) is 15.9. The highest BCUT2D eigenvalue weighted by atomic mass is 15.1. The van der Waals surface area contributed by atoms with Gasteiger partial charge in [-0.15, -0.1) is 0 Å². The predicted octanol–water partition coefficient (Wildman–Crippen LogP) is 11.8. The fourth-order valence-electron chi connectivity index (χ4n) is 7.07. The Balaban J connectivity index is 1.14. The first-order chi connectivity index (χ1) is 25.0. The number of pyridine rings is 1. The summed E-state index contributed by atoms with van der Waals surface area (Å²) in [6.45, 7) is 8.80. The van der Waals surface area contributed by atoms with E-state index < -0.39 is 0 Å². The molecule has 252 valence electrons. The zero-order valence-electron chi connectivity index (χ0n) is 29.5. The van der Waals surface area contributed by atoms with Crippen molar-refractivity contribution in [1.82, 2.24) is 10.3 Å². The van der Waals surface area contributed by atoms with Crippen LogP contribution in [0.2, 0.25) is 0 Å². The minimum Gasteiger partial charge on any atom is -0.285 e. The quantitative estimate of drug-likeness (QED) is 0.143. The first kappa shape index (κ1) is 33.8. The van der Waals surface area contributed by atoms with Crippen LogP contribution in [0.5, 0.6) is 0 Å². The molecule has 0 saturated carbocycles. The average molecular weight is 664 g/mol. The van der Waals surface area contributed by atoms with Gasteiger partial charge in [-0.1, -0.05) is 152 Å². The van der Waals surface area contributed by atoms with Gasteiger partial charge in [0.05, 0.1) is 5.69 Å². The zero-order valence-corrected chi connectivity index (χ0v) is 29.5. The number of aromatic nitrogens is 1. The number of benzene rings is 4.